The van der Waals surface area contributed by atoms with Gasteiger partial charge in [0.15, 0.2) is 5.78 Å². The third-order valence-corrected chi connectivity index (χ3v) is 15.6. The molecule has 3 N–H and O–H groups in total. The van der Waals surface area contributed by atoms with Gasteiger partial charge in [0.05, 0.1) is 18.3 Å². The number of Topliss-reactive ketones (excluding diaryl/α,β-unsaturated/α-hetero) is 3. The number of hydrogen-bond donors (Lipinski definition) is 3. The molecule has 366 valence electrons. The number of cyclic esters (lactones) is 1. The van der Waals surface area contributed by atoms with Crippen molar-refractivity contribution in [1.82, 2.24) is 4.90 Å². The second-order valence-electron chi connectivity index (χ2n) is 19.6. The van der Waals surface area contributed by atoms with Gasteiger partial charge < -0.3 is 39.2 Å². The van der Waals surface area contributed by atoms with Crippen LogP contribution in [0.25, 0.3) is 0 Å². The largest absolute Gasteiger partial charge is 0.460 e. The van der Waals surface area contributed by atoms with Gasteiger partial charge >= 0.3 is 5.97 Å². The van der Waals surface area contributed by atoms with Crippen molar-refractivity contribution in [2.24, 2.45) is 35.5 Å². The van der Waals surface area contributed by atoms with Crippen LogP contribution in [0.3, 0.4) is 0 Å². The van der Waals surface area contributed by atoms with E-state index in [4.69, 9.17) is 18.9 Å². The third kappa shape index (κ3) is 14.5. The van der Waals surface area contributed by atoms with Crippen molar-refractivity contribution in [1.29, 1.82) is 0 Å². The highest BCUT2D eigenvalue weighted by Crippen LogP contribution is 2.38. The van der Waals surface area contributed by atoms with Gasteiger partial charge in [-0.15, -0.1) is 0 Å². The summed E-state index contributed by atoms with van der Waals surface area (Å²) in [5.41, 5.74) is 1.46. The summed E-state index contributed by atoms with van der Waals surface area (Å²) in [5.74, 6) is -7.73. The predicted octanol–water partition coefficient (Wildman–Crippen LogP) is 6.90. The molecule has 3 fully saturated rings. The van der Waals surface area contributed by atoms with Crippen molar-refractivity contribution < 1.29 is 58.2 Å². The monoisotopic (exact) mass is 930 g/mol. The van der Waals surface area contributed by atoms with Crippen LogP contribution in [0.5, 0.6) is 0 Å². The number of allylic oxidation sites excluding steroid dienone is 6. The highest BCUT2D eigenvalue weighted by Gasteiger charge is 2.53. The number of rotatable bonds is 6. The molecule has 13 nitrogen and oxygen atoms in total. The van der Waals surface area contributed by atoms with Gasteiger partial charge in [-0.05, 0) is 114 Å². The molecule has 4 rings (SSSR count). The van der Waals surface area contributed by atoms with Crippen LogP contribution in [0.1, 0.15) is 126 Å². The number of ketones is 3. The number of nitrogens with zero attached hydrogens (tertiary/aromatic N) is 1. The number of thioether (sulfide) groups is 1. The summed E-state index contributed by atoms with van der Waals surface area (Å²) < 4.78 is 23.6. The number of carbonyl (C=O) groups is 5. The highest BCUT2D eigenvalue weighted by atomic mass is 32.2. The van der Waals surface area contributed by atoms with E-state index in [-0.39, 0.29) is 60.1 Å². The van der Waals surface area contributed by atoms with E-state index in [1.807, 2.05) is 64.3 Å². The van der Waals surface area contributed by atoms with Crippen LogP contribution in [0.4, 0.5) is 0 Å². The zero-order valence-corrected chi connectivity index (χ0v) is 41.4. The molecule has 0 aromatic rings. The predicted molar refractivity (Wildman–Crippen MR) is 252 cm³/mol. The smallest absolute Gasteiger partial charge is 0.329 e. The van der Waals surface area contributed by atoms with Crippen molar-refractivity contribution in [3.05, 3.63) is 47.6 Å². The normalized spacial score (nSPS) is 40.4. The summed E-state index contributed by atoms with van der Waals surface area (Å²) in [7, 11) is 2.96. The second-order valence-corrected chi connectivity index (χ2v) is 20.6. The molecule has 14 heteroatoms. The third-order valence-electron chi connectivity index (χ3n) is 14.5. The lowest BCUT2D eigenvalue weighted by Gasteiger charge is -2.42. The number of carbonyl (C=O) groups excluding carboxylic acids is 5. The lowest BCUT2D eigenvalue weighted by atomic mass is 9.78. The molecular formula is C51H79NO12S. The van der Waals surface area contributed by atoms with Crippen LogP contribution in [0.2, 0.25) is 0 Å². The van der Waals surface area contributed by atoms with E-state index >= 15 is 0 Å². The van der Waals surface area contributed by atoms with Crippen LogP contribution >= 0.6 is 11.8 Å². The minimum absolute atomic E-state index is 0.000885. The summed E-state index contributed by atoms with van der Waals surface area (Å²) in [6.45, 7) is 12.9. The number of aliphatic hydroxyl groups is 3. The molecule has 3 heterocycles. The quantitative estimate of drug-likeness (QED) is 0.142. The molecule has 3 aliphatic heterocycles. The molecule has 3 unspecified atom stereocenters. The lowest BCUT2D eigenvalue weighted by molar-refractivity contribution is -0.263. The fraction of sp³-hybridized carbons (Fsp3) is 0.745. The van der Waals surface area contributed by atoms with Gasteiger partial charge in [-0.1, -0.05) is 76.6 Å². The lowest BCUT2D eigenvalue weighted by Crippen LogP contribution is -2.60. The standard InChI is InChI=1S/C51H79NO12S/c1-30-16-12-11-13-17-31(2)44(65-10)28-38-21-19-36(7)51(60,64-38)48(57)49(58)52-23-15-14-18-39(52)50(59)63-42(33(4)26-37-20-22-40(53)43(27-37)61-8)29-41(54)32(3)25-35(6)46(56)47(62-9)45(55)34(5)24-30/h11-13,16-17,25,30,32-34,36-40,42-44,46-47,53,56,60H,14-15,18-24,26-29H2,1-10H3/b13-11+,16-12+,31-17+,35-25+/t30-,32-,33-,34-,36-,37+,38+,39+,40?,42?,43-,44-,46-,47?,51-/m1/s1. The molecule has 1 aliphatic carbocycles. The van der Waals surface area contributed by atoms with Gasteiger partial charge in [0, 0.05) is 50.2 Å². The van der Waals surface area contributed by atoms with E-state index in [1.54, 1.807) is 45.7 Å². The van der Waals surface area contributed by atoms with Crippen LogP contribution in [0, 0.1) is 35.5 Å². The van der Waals surface area contributed by atoms with Gasteiger partial charge in [0.25, 0.3) is 11.7 Å². The van der Waals surface area contributed by atoms with Gasteiger partial charge in [-0.3, -0.25) is 19.2 Å². The topological polar surface area (TPSA) is 186 Å². The molecule has 1 saturated carbocycles. The van der Waals surface area contributed by atoms with E-state index in [2.05, 4.69) is 0 Å². The molecule has 2 saturated heterocycles. The number of hydrogen-bond acceptors (Lipinski definition) is 13. The molecule has 4 aliphatic rings. The fourth-order valence-corrected chi connectivity index (χ4v) is 11.0. The highest BCUT2D eigenvalue weighted by molar-refractivity contribution is 7.99. The van der Waals surface area contributed by atoms with Gasteiger partial charge in [0.1, 0.15) is 30.1 Å². The Labute approximate surface area is 392 Å². The Bertz CT molecular complexity index is 1760. The van der Waals surface area contributed by atoms with E-state index in [9.17, 15) is 39.3 Å². The Hall–Kier alpha value is -2.98. The summed E-state index contributed by atoms with van der Waals surface area (Å²) in [6.07, 6.45) is 14.4. The van der Waals surface area contributed by atoms with E-state index in [0.29, 0.717) is 63.4 Å². The minimum Gasteiger partial charge on any atom is -0.460 e. The van der Waals surface area contributed by atoms with Crippen LogP contribution in [-0.4, -0.2) is 130 Å². The Morgan fingerprint density at radius 3 is 2.29 bits per heavy atom. The number of piperidine rings is 1. The zero-order valence-electron chi connectivity index (χ0n) is 40.6. The van der Waals surface area contributed by atoms with Crippen molar-refractivity contribution >= 4 is 41.0 Å². The maximum atomic E-state index is 14.4. The minimum atomic E-state index is -2.38. The summed E-state index contributed by atoms with van der Waals surface area (Å²) in [6, 6.07) is -1.12. The van der Waals surface area contributed by atoms with E-state index in [0.717, 1.165) is 12.0 Å². The van der Waals surface area contributed by atoms with Crippen molar-refractivity contribution in [2.75, 3.05) is 27.0 Å². The first kappa shape index (κ1) is 54.6. The fourth-order valence-electron chi connectivity index (χ4n) is 10.1. The number of amides is 1. The van der Waals surface area contributed by atoms with Crippen molar-refractivity contribution in [3.8, 4) is 0 Å². The summed E-state index contributed by atoms with van der Waals surface area (Å²) in [4.78, 5) is 71.9. The number of methoxy groups -OCH3 is 2. The van der Waals surface area contributed by atoms with Crippen LogP contribution in [0.15, 0.2) is 47.6 Å². The average molecular weight is 930 g/mol. The molecule has 0 spiro atoms. The van der Waals surface area contributed by atoms with Gasteiger partial charge in [0.2, 0.25) is 5.79 Å². The van der Waals surface area contributed by atoms with Gasteiger partial charge in [-0.25, -0.2) is 4.79 Å². The Balaban J connectivity index is 1.70. The maximum absolute atomic E-state index is 14.4. The number of aliphatic hydroxyl groups excluding tert-OH is 2. The Kier molecular flexibility index (Phi) is 21.3. The first-order valence-corrected chi connectivity index (χ1v) is 25.2. The van der Waals surface area contributed by atoms with Crippen molar-refractivity contribution in [3.63, 3.8) is 0 Å². The summed E-state index contributed by atoms with van der Waals surface area (Å²) in [5, 5.41) is 33.9. The first-order chi connectivity index (χ1) is 30.7. The molecule has 15 atom stereocenters. The average Bonchev–Trinajstić information content (AvgIpc) is 3.28. The number of ether oxygens (including phenoxy) is 4. The summed E-state index contributed by atoms with van der Waals surface area (Å²) >= 11 is 1.63. The number of esters is 1. The SMILES string of the molecule is COC1C(=O)[C@H](C)C[C@H](C)/C=C/C=C/C=C(\C)[C@H](SC)C[C@@H]2CC[C@@H](C)[C@@](O)(O2)C(=O)C(=O)N2CCCC[C@H]2C(=O)OC([C@H](C)C[C@@H]2CCC(O)[C@H](OC)C2)CC(=O)[C@H](C)/C=C(\C)[C@H]1O. The van der Waals surface area contributed by atoms with Crippen LogP contribution in [-0.2, 0) is 42.9 Å². The molecule has 0 radical (unpaired) electrons. The maximum Gasteiger partial charge on any atom is 0.329 e. The molecule has 65 heavy (non-hydrogen) atoms. The molecule has 0 aromatic heterocycles. The Morgan fingerprint density at radius 1 is 0.892 bits per heavy atom. The number of fused-ring (bicyclic) bond motifs is 3. The zero-order chi connectivity index (χ0) is 48.2. The molecule has 1 amide bonds. The Morgan fingerprint density at radius 2 is 1.62 bits per heavy atom. The van der Waals surface area contributed by atoms with Crippen LogP contribution < -0.4 is 0 Å². The molecule has 2 bridgehead atoms. The van der Waals surface area contributed by atoms with E-state index in [1.165, 1.54) is 12.0 Å². The second kappa shape index (κ2) is 25.4. The van der Waals surface area contributed by atoms with E-state index < -0.39 is 77.8 Å². The first-order valence-electron chi connectivity index (χ1n) is 23.9. The van der Waals surface area contributed by atoms with Crippen molar-refractivity contribution in [2.45, 2.75) is 179 Å². The molecule has 0 aromatic carbocycles. The van der Waals surface area contributed by atoms with Gasteiger partial charge in [-0.2, -0.15) is 11.8 Å². The molecular weight excluding hydrogens is 851 g/mol.